The van der Waals surface area contributed by atoms with Crippen molar-refractivity contribution in [3.8, 4) is 11.4 Å². The van der Waals surface area contributed by atoms with Gasteiger partial charge in [0.2, 0.25) is 17.6 Å². The molecule has 1 aromatic heterocycles. The average Bonchev–Trinajstić information content (AvgIpc) is 3.24. The molecule has 31 heavy (non-hydrogen) atoms. The molecule has 1 amide bonds. The minimum absolute atomic E-state index is 0.0369. The number of anilines is 1. The lowest BCUT2D eigenvalue weighted by Gasteiger charge is -2.30. The van der Waals surface area contributed by atoms with E-state index >= 15 is 0 Å². The summed E-state index contributed by atoms with van der Waals surface area (Å²) >= 11 is 0. The number of nitro groups is 1. The van der Waals surface area contributed by atoms with Crippen LogP contribution < -0.4 is 5.32 Å². The van der Waals surface area contributed by atoms with Crippen LogP contribution in [-0.2, 0) is 11.3 Å². The van der Waals surface area contributed by atoms with Crippen molar-refractivity contribution in [3.05, 3.63) is 70.1 Å². The molecule has 0 spiro atoms. The average molecular weight is 421 g/mol. The number of nitro benzene ring substituents is 1. The van der Waals surface area contributed by atoms with Gasteiger partial charge in [0.15, 0.2) is 0 Å². The fraction of sp³-hybridized carbons (Fsp3) is 0.318. The lowest BCUT2D eigenvalue weighted by molar-refractivity contribution is -0.384. The van der Waals surface area contributed by atoms with Crippen molar-refractivity contribution < 1.29 is 14.2 Å². The molecule has 1 N–H and O–H groups in total. The van der Waals surface area contributed by atoms with Crippen LogP contribution in [0.3, 0.4) is 0 Å². The van der Waals surface area contributed by atoms with Crippen LogP contribution in [0.15, 0.2) is 53.1 Å². The molecule has 1 aliphatic rings. The molecular weight excluding hydrogens is 398 g/mol. The number of aryl methyl sites for hydroxylation is 1. The first-order valence-electron chi connectivity index (χ1n) is 10.2. The zero-order chi connectivity index (χ0) is 21.8. The molecule has 1 fully saturated rings. The fourth-order valence-electron chi connectivity index (χ4n) is 3.66. The third kappa shape index (κ3) is 4.95. The molecule has 0 atom stereocenters. The molecule has 160 valence electrons. The van der Waals surface area contributed by atoms with Gasteiger partial charge in [-0.3, -0.25) is 19.8 Å². The second kappa shape index (κ2) is 9.05. The molecule has 0 bridgehead atoms. The number of benzene rings is 2. The van der Waals surface area contributed by atoms with Crippen molar-refractivity contribution in [3.63, 3.8) is 0 Å². The summed E-state index contributed by atoms with van der Waals surface area (Å²) in [6, 6.07) is 14.1. The minimum Gasteiger partial charge on any atom is -0.338 e. The van der Waals surface area contributed by atoms with E-state index in [0.29, 0.717) is 36.8 Å². The molecule has 3 aromatic rings. The van der Waals surface area contributed by atoms with Crippen molar-refractivity contribution in [2.24, 2.45) is 5.92 Å². The highest BCUT2D eigenvalue weighted by atomic mass is 16.6. The number of carbonyl (C=O) groups excluding carboxylic acids is 1. The van der Waals surface area contributed by atoms with Crippen LogP contribution in [0.1, 0.15) is 24.3 Å². The van der Waals surface area contributed by atoms with Crippen LogP contribution in [0.4, 0.5) is 11.4 Å². The second-order valence-corrected chi connectivity index (χ2v) is 7.67. The number of non-ortho nitro benzene ring substituents is 1. The summed E-state index contributed by atoms with van der Waals surface area (Å²) < 4.78 is 5.38. The Morgan fingerprint density at radius 1 is 1.23 bits per heavy atom. The molecule has 0 aliphatic carbocycles. The van der Waals surface area contributed by atoms with E-state index in [0.717, 1.165) is 24.2 Å². The van der Waals surface area contributed by atoms with E-state index < -0.39 is 4.92 Å². The Labute approximate surface area is 179 Å². The summed E-state index contributed by atoms with van der Waals surface area (Å²) in [6.45, 7) is 3.82. The summed E-state index contributed by atoms with van der Waals surface area (Å²) in [4.78, 5) is 29.9. The second-order valence-electron chi connectivity index (χ2n) is 7.67. The zero-order valence-electron chi connectivity index (χ0n) is 17.2. The van der Waals surface area contributed by atoms with Crippen LogP contribution in [0.5, 0.6) is 0 Å². The lowest BCUT2D eigenvalue weighted by atomic mass is 9.95. The first-order valence-corrected chi connectivity index (χ1v) is 10.2. The number of hydrogen-bond donors (Lipinski definition) is 1. The minimum atomic E-state index is -0.464. The maximum atomic E-state index is 12.7. The van der Waals surface area contributed by atoms with Gasteiger partial charge in [0.05, 0.1) is 17.2 Å². The van der Waals surface area contributed by atoms with Crippen molar-refractivity contribution in [1.82, 2.24) is 15.0 Å². The molecule has 2 aromatic carbocycles. The summed E-state index contributed by atoms with van der Waals surface area (Å²) in [7, 11) is 0. The monoisotopic (exact) mass is 421 g/mol. The SMILES string of the molecule is Cc1ccc([N+](=O)[O-])cc1NC(=O)C1CCN(Cc2nc(-c3ccccc3)no2)CC1. The number of piperidine rings is 1. The van der Waals surface area contributed by atoms with E-state index in [1.165, 1.54) is 12.1 Å². The molecule has 1 saturated heterocycles. The van der Waals surface area contributed by atoms with Gasteiger partial charge in [0.25, 0.3) is 5.69 Å². The van der Waals surface area contributed by atoms with Gasteiger partial charge >= 0.3 is 0 Å². The molecule has 9 nitrogen and oxygen atoms in total. The van der Waals surface area contributed by atoms with E-state index in [4.69, 9.17) is 4.52 Å². The molecule has 0 radical (unpaired) electrons. The number of nitrogens with zero attached hydrogens (tertiary/aromatic N) is 4. The van der Waals surface area contributed by atoms with Crippen LogP contribution in [0.2, 0.25) is 0 Å². The quantitative estimate of drug-likeness (QED) is 0.475. The van der Waals surface area contributed by atoms with E-state index in [1.807, 2.05) is 37.3 Å². The van der Waals surface area contributed by atoms with Crippen molar-refractivity contribution >= 4 is 17.3 Å². The van der Waals surface area contributed by atoms with E-state index in [1.54, 1.807) is 6.07 Å². The van der Waals surface area contributed by atoms with E-state index in [-0.39, 0.29) is 17.5 Å². The van der Waals surface area contributed by atoms with Crippen LogP contribution in [-0.4, -0.2) is 39.0 Å². The third-order valence-electron chi connectivity index (χ3n) is 5.51. The van der Waals surface area contributed by atoms with Gasteiger partial charge in [-0.2, -0.15) is 4.98 Å². The number of nitrogens with one attached hydrogen (secondary N) is 1. The van der Waals surface area contributed by atoms with Gasteiger partial charge in [-0.15, -0.1) is 0 Å². The first kappa shape index (κ1) is 20.7. The fourth-order valence-corrected chi connectivity index (χ4v) is 3.66. The number of carbonyl (C=O) groups is 1. The first-order chi connectivity index (χ1) is 15.0. The zero-order valence-corrected chi connectivity index (χ0v) is 17.2. The molecule has 2 heterocycles. The smallest absolute Gasteiger partial charge is 0.271 e. The van der Waals surface area contributed by atoms with Crippen LogP contribution in [0.25, 0.3) is 11.4 Å². The number of aromatic nitrogens is 2. The lowest BCUT2D eigenvalue weighted by Crippen LogP contribution is -2.37. The molecule has 0 saturated carbocycles. The van der Waals surface area contributed by atoms with Gasteiger partial charge in [-0.1, -0.05) is 41.6 Å². The Morgan fingerprint density at radius 3 is 2.68 bits per heavy atom. The van der Waals surface area contributed by atoms with Gasteiger partial charge in [-0.25, -0.2) is 0 Å². The number of likely N-dealkylation sites (tertiary alicyclic amines) is 1. The summed E-state index contributed by atoms with van der Waals surface area (Å²) in [5.41, 5.74) is 2.15. The van der Waals surface area contributed by atoms with Crippen LogP contribution >= 0.6 is 0 Å². The van der Waals surface area contributed by atoms with Gasteiger partial charge in [-0.05, 0) is 38.4 Å². The number of amides is 1. The maximum Gasteiger partial charge on any atom is 0.271 e. The van der Waals surface area contributed by atoms with Gasteiger partial charge in [0.1, 0.15) is 0 Å². The molecule has 4 rings (SSSR count). The van der Waals surface area contributed by atoms with Crippen molar-refractivity contribution in [2.45, 2.75) is 26.3 Å². The standard InChI is InChI=1S/C22H23N5O4/c1-15-7-8-18(27(29)30)13-19(15)23-22(28)17-9-11-26(12-10-17)14-20-24-21(25-31-20)16-5-3-2-4-6-16/h2-8,13,17H,9-12,14H2,1H3,(H,23,28). The molecular formula is C22H23N5O4. The predicted molar refractivity (Wildman–Crippen MR) is 114 cm³/mol. The highest BCUT2D eigenvalue weighted by molar-refractivity contribution is 5.93. The highest BCUT2D eigenvalue weighted by Gasteiger charge is 2.26. The van der Waals surface area contributed by atoms with Gasteiger partial charge in [0, 0.05) is 23.6 Å². The maximum absolute atomic E-state index is 12.7. The summed E-state index contributed by atoms with van der Waals surface area (Å²) in [5, 5.41) is 17.9. The molecule has 1 aliphatic heterocycles. The predicted octanol–water partition coefficient (Wildman–Crippen LogP) is 3.80. The summed E-state index contributed by atoms with van der Waals surface area (Å²) in [6.07, 6.45) is 1.39. The summed E-state index contributed by atoms with van der Waals surface area (Å²) in [5.74, 6) is 0.871. The Bertz CT molecular complexity index is 1070. The molecule has 9 heteroatoms. The van der Waals surface area contributed by atoms with E-state index in [9.17, 15) is 14.9 Å². The van der Waals surface area contributed by atoms with Crippen LogP contribution in [0, 0.1) is 23.0 Å². The highest BCUT2D eigenvalue weighted by Crippen LogP contribution is 2.25. The number of hydrogen-bond acceptors (Lipinski definition) is 7. The normalized spacial score (nSPS) is 15.0. The van der Waals surface area contributed by atoms with Gasteiger partial charge < -0.3 is 9.84 Å². The number of rotatable bonds is 6. The Balaban J connectivity index is 1.31. The third-order valence-corrected chi connectivity index (χ3v) is 5.51. The topological polar surface area (TPSA) is 114 Å². The Kier molecular flexibility index (Phi) is 6.03. The van der Waals surface area contributed by atoms with E-state index in [2.05, 4.69) is 20.4 Å². The molecule has 0 unspecified atom stereocenters. The Hall–Kier alpha value is -3.59. The van der Waals surface area contributed by atoms with Crippen molar-refractivity contribution in [1.29, 1.82) is 0 Å². The largest absolute Gasteiger partial charge is 0.338 e. The van der Waals surface area contributed by atoms with Crippen molar-refractivity contribution in [2.75, 3.05) is 18.4 Å². The Morgan fingerprint density at radius 2 is 1.97 bits per heavy atom.